The maximum Gasteiger partial charge on any atom is 0.472 e. The molecule has 0 saturated carbocycles. The molecule has 0 aromatic rings. The Hall–Kier alpha value is -0.420. The lowest BCUT2D eigenvalue weighted by Crippen LogP contribution is -2.19. The Balaban J connectivity index is 4.16. The zero-order valence-corrected chi connectivity index (χ0v) is 15.4. The van der Waals surface area contributed by atoms with Crippen molar-refractivity contribution in [2.24, 2.45) is 5.92 Å². The van der Waals surface area contributed by atoms with Gasteiger partial charge in [-0.3, -0.25) is 4.79 Å². The van der Waals surface area contributed by atoms with Gasteiger partial charge in [-0.1, -0.05) is 71.6 Å². The first kappa shape index (κ1) is 22.6. The smallest absolute Gasteiger partial charge is 0.438 e. The third-order valence-electron chi connectivity index (χ3n) is 3.82. The van der Waals surface area contributed by atoms with Gasteiger partial charge in [-0.25, -0.2) is 9.09 Å². The van der Waals surface area contributed by atoms with Crippen LogP contribution in [-0.4, -0.2) is 22.5 Å². The van der Waals surface area contributed by atoms with Crippen LogP contribution in [0.5, 0.6) is 0 Å². The van der Waals surface area contributed by atoms with Gasteiger partial charge in [0.2, 0.25) is 6.79 Å². The van der Waals surface area contributed by atoms with Gasteiger partial charge in [0.1, 0.15) is 0 Å². The van der Waals surface area contributed by atoms with E-state index in [1.807, 2.05) is 0 Å². The molecule has 0 amide bonds. The Labute approximate surface area is 140 Å². The number of phosphoric acid groups is 1. The van der Waals surface area contributed by atoms with Crippen molar-refractivity contribution < 1.29 is 28.4 Å². The third kappa shape index (κ3) is 14.9. The summed E-state index contributed by atoms with van der Waals surface area (Å²) in [6, 6.07) is 0. The van der Waals surface area contributed by atoms with Crippen molar-refractivity contribution in [2.75, 3.05) is 6.79 Å². The quantitative estimate of drug-likeness (QED) is 0.194. The van der Waals surface area contributed by atoms with Gasteiger partial charge in [-0.15, -0.1) is 0 Å². The lowest BCUT2D eigenvalue weighted by molar-refractivity contribution is -0.156. The second-order valence-electron chi connectivity index (χ2n) is 5.95. The van der Waals surface area contributed by atoms with E-state index in [-0.39, 0.29) is 5.92 Å². The van der Waals surface area contributed by atoms with Crippen molar-refractivity contribution in [1.29, 1.82) is 0 Å². The molecule has 0 aromatic heterocycles. The first-order chi connectivity index (χ1) is 10.9. The Bertz CT molecular complexity index is 341. The molecule has 6 nitrogen and oxygen atoms in total. The second-order valence-corrected chi connectivity index (χ2v) is 7.19. The number of phosphoric ester groups is 1. The van der Waals surface area contributed by atoms with E-state index in [1.54, 1.807) is 0 Å². The first-order valence-corrected chi connectivity index (χ1v) is 10.3. The van der Waals surface area contributed by atoms with E-state index in [4.69, 9.17) is 14.5 Å². The van der Waals surface area contributed by atoms with Gasteiger partial charge < -0.3 is 14.5 Å². The Kier molecular flexibility index (Phi) is 13.7. The van der Waals surface area contributed by atoms with Gasteiger partial charge in [0.05, 0.1) is 5.92 Å². The Morgan fingerprint density at radius 2 is 1.39 bits per heavy atom. The number of esters is 1. The maximum atomic E-state index is 12.1. The highest BCUT2D eigenvalue weighted by atomic mass is 31.2. The van der Waals surface area contributed by atoms with Crippen LogP contribution in [0.25, 0.3) is 0 Å². The lowest BCUT2D eigenvalue weighted by atomic mass is 9.94. The number of rotatable bonds is 15. The van der Waals surface area contributed by atoms with Crippen molar-refractivity contribution in [3.05, 3.63) is 0 Å². The largest absolute Gasteiger partial charge is 0.472 e. The van der Waals surface area contributed by atoms with Crippen LogP contribution in [0, 0.1) is 5.92 Å². The van der Waals surface area contributed by atoms with Crippen LogP contribution in [-0.2, 0) is 18.6 Å². The molecule has 1 atom stereocenters. The van der Waals surface area contributed by atoms with Crippen LogP contribution in [0.3, 0.4) is 0 Å². The molecule has 0 spiro atoms. The summed E-state index contributed by atoms with van der Waals surface area (Å²) in [5.74, 6) is -0.612. The first-order valence-electron chi connectivity index (χ1n) is 8.77. The minimum atomic E-state index is -4.59. The molecule has 0 bridgehead atoms. The Morgan fingerprint density at radius 1 is 0.913 bits per heavy atom. The fraction of sp³-hybridized carbons (Fsp3) is 0.938. The molecule has 138 valence electrons. The summed E-state index contributed by atoms with van der Waals surface area (Å²) in [5.41, 5.74) is 0. The number of ether oxygens (including phenoxy) is 1. The van der Waals surface area contributed by atoms with Gasteiger partial charge in [0.25, 0.3) is 0 Å². The van der Waals surface area contributed by atoms with Gasteiger partial charge in [-0.05, 0) is 12.8 Å². The van der Waals surface area contributed by atoms with Crippen LogP contribution >= 0.6 is 7.82 Å². The van der Waals surface area contributed by atoms with Crippen molar-refractivity contribution in [2.45, 2.75) is 84.5 Å². The van der Waals surface area contributed by atoms with Crippen LogP contribution in [0.4, 0.5) is 0 Å². The summed E-state index contributed by atoms with van der Waals surface area (Å²) >= 11 is 0. The van der Waals surface area contributed by atoms with E-state index in [1.165, 1.54) is 19.3 Å². The summed E-state index contributed by atoms with van der Waals surface area (Å²) < 4.78 is 19.6. The highest BCUT2D eigenvalue weighted by molar-refractivity contribution is 7.46. The molecule has 0 fully saturated rings. The molecule has 0 rings (SSSR count). The highest BCUT2D eigenvalue weighted by Gasteiger charge is 2.21. The van der Waals surface area contributed by atoms with Gasteiger partial charge in [0, 0.05) is 0 Å². The molecular weight excluding hydrogens is 319 g/mol. The van der Waals surface area contributed by atoms with E-state index in [2.05, 4.69) is 18.4 Å². The molecule has 2 N–H and O–H groups in total. The minimum Gasteiger partial charge on any atom is -0.438 e. The van der Waals surface area contributed by atoms with Crippen LogP contribution in [0.2, 0.25) is 0 Å². The van der Waals surface area contributed by atoms with Gasteiger partial charge >= 0.3 is 13.8 Å². The topological polar surface area (TPSA) is 93.1 Å². The average Bonchev–Trinajstić information content (AvgIpc) is 2.47. The van der Waals surface area contributed by atoms with Crippen LogP contribution < -0.4 is 0 Å². The van der Waals surface area contributed by atoms with E-state index in [0.29, 0.717) is 0 Å². The lowest BCUT2D eigenvalue weighted by Gasteiger charge is -2.16. The summed E-state index contributed by atoms with van der Waals surface area (Å²) in [4.78, 5) is 29.2. The summed E-state index contributed by atoms with van der Waals surface area (Å²) in [6.45, 7) is 3.61. The molecule has 0 radical (unpaired) electrons. The Morgan fingerprint density at radius 3 is 1.87 bits per heavy atom. The molecule has 0 aliphatic rings. The zero-order chi connectivity index (χ0) is 17.6. The predicted octanol–water partition coefficient (Wildman–Crippen LogP) is 4.54. The highest BCUT2D eigenvalue weighted by Crippen LogP contribution is 2.35. The van der Waals surface area contributed by atoms with E-state index in [9.17, 15) is 9.36 Å². The average molecular weight is 352 g/mol. The van der Waals surface area contributed by atoms with Crippen molar-refractivity contribution in [3.63, 3.8) is 0 Å². The molecule has 1 unspecified atom stereocenters. The minimum absolute atomic E-state index is 0.200. The fourth-order valence-corrected chi connectivity index (χ4v) is 2.65. The number of hydrogen-bond donors (Lipinski definition) is 2. The maximum absolute atomic E-state index is 12.1. The van der Waals surface area contributed by atoms with Crippen LogP contribution in [0.15, 0.2) is 0 Å². The summed E-state index contributed by atoms with van der Waals surface area (Å²) in [5, 5.41) is 0. The fourth-order valence-electron chi connectivity index (χ4n) is 2.46. The SMILES string of the molecule is CCCCCCCC(CCCCCC)C(=O)OCOP(=O)(O)O. The number of unbranched alkanes of at least 4 members (excludes halogenated alkanes) is 7. The second kappa shape index (κ2) is 14.0. The molecule has 23 heavy (non-hydrogen) atoms. The van der Waals surface area contributed by atoms with E-state index < -0.39 is 20.6 Å². The molecule has 0 heterocycles. The number of carbonyl (C=O) groups is 1. The molecule has 7 heteroatoms. The molecular formula is C16H33O6P. The third-order valence-corrected chi connectivity index (χ3v) is 4.26. The van der Waals surface area contributed by atoms with Crippen LogP contribution in [0.1, 0.15) is 84.5 Å². The van der Waals surface area contributed by atoms with E-state index in [0.717, 1.165) is 51.4 Å². The number of carbonyl (C=O) groups excluding carboxylic acids is 1. The summed E-state index contributed by atoms with van der Waals surface area (Å²) in [6.07, 6.45) is 11.5. The van der Waals surface area contributed by atoms with Gasteiger partial charge in [0.15, 0.2) is 0 Å². The van der Waals surface area contributed by atoms with Crippen molar-refractivity contribution in [1.82, 2.24) is 0 Å². The molecule has 0 aliphatic carbocycles. The van der Waals surface area contributed by atoms with Crippen molar-refractivity contribution in [3.8, 4) is 0 Å². The summed E-state index contributed by atoms with van der Waals surface area (Å²) in [7, 11) is -4.59. The zero-order valence-electron chi connectivity index (χ0n) is 14.5. The number of hydrogen-bond acceptors (Lipinski definition) is 4. The van der Waals surface area contributed by atoms with E-state index >= 15 is 0 Å². The normalized spacial score (nSPS) is 13.0. The molecule has 0 saturated heterocycles. The standard InChI is InChI=1S/C16H33O6P/c1-3-5-7-9-11-13-15(12-10-8-6-4-2)16(17)21-14-22-23(18,19)20/h15H,3-14H2,1-2H3,(H2,18,19,20). The van der Waals surface area contributed by atoms with Gasteiger partial charge in [-0.2, -0.15) is 0 Å². The molecule has 0 aliphatic heterocycles. The predicted molar refractivity (Wildman–Crippen MR) is 89.7 cm³/mol. The monoisotopic (exact) mass is 352 g/mol. The van der Waals surface area contributed by atoms with Crippen molar-refractivity contribution >= 4 is 13.8 Å². The molecule has 0 aromatic carbocycles.